The van der Waals surface area contributed by atoms with Gasteiger partial charge in [-0.1, -0.05) is 12.1 Å². The van der Waals surface area contributed by atoms with E-state index in [1.807, 2.05) is 0 Å². The summed E-state index contributed by atoms with van der Waals surface area (Å²) in [6.45, 7) is 1.33. The second-order valence-corrected chi connectivity index (χ2v) is 10.0. The summed E-state index contributed by atoms with van der Waals surface area (Å²) in [5.74, 6) is -0.860. The number of aryl methyl sites for hydroxylation is 1. The fraction of sp³-hybridized carbons (Fsp3) is 0.286. The van der Waals surface area contributed by atoms with Crippen LogP contribution in [0.3, 0.4) is 0 Å². The molecule has 2 aromatic heterocycles. The van der Waals surface area contributed by atoms with Crippen molar-refractivity contribution in [1.82, 2.24) is 19.9 Å². The van der Waals surface area contributed by atoms with Crippen LogP contribution >= 0.6 is 0 Å². The van der Waals surface area contributed by atoms with E-state index >= 15 is 0 Å². The SMILES string of the molecule is Cc1ncnc(N(C)S(C)(=O)=O)c1CNc1nc(Nc2cccc3c2NC(=O)C3)ncc1C(F)(F)F. The van der Waals surface area contributed by atoms with Crippen LogP contribution in [0.5, 0.6) is 0 Å². The molecule has 0 unspecified atom stereocenters. The first kappa shape index (κ1) is 25.1. The Balaban J connectivity index is 1.67. The molecule has 0 saturated carbocycles. The predicted octanol–water partition coefficient (Wildman–Crippen LogP) is 2.84. The monoisotopic (exact) mass is 522 g/mol. The fourth-order valence-corrected chi connectivity index (χ4v) is 4.03. The van der Waals surface area contributed by atoms with Crippen molar-refractivity contribution in [1.29, 1.82) is 0 Å². The zero-order valence-electron chi connectivity index (χ0n) is 19.3. The van der Waals surface area contributed by atoms with Crippen LogP contribution in [0.2, 0.25) is 0 Å². The summed E-state index contributed by atoms with van der Waals surface area (Å²) >= 11 is 0. The molecule has 0 saturated heterocycles. The summed E-state index contributed by atoms with van der Waals surface area (Å²) in [6.07, 6.45) is -1.79. The standard InChI is InChI=1S/C21H21F3N8O3S/c1-11-13(19(28-10-27-11)32(2)36(3,34)35)8-25-18-14(21(22,23)24)9-26-20(31-18)29-15-6-4-5-12-7-16(33)30-17(12)15/h4-6,9-10H,7-8H2,1-3H3,(H,30,33)(H2,25,26,29,31). The van der Waals surface area contributed by atoms with Gasteiger partial charge in [0.05, 0.1) is 24.1 Å². The Kier molecular flexibility index (Phi) is 6.43. The number of carbonyl (C=O) groups excluding carboxylic acids is 1. The molecule has 15 heteroatoms. The van der Waals surface area contributed by atoms with Crippen molar-refractivity contribution in [3.05, 3.63) is 53.1 Å². The molecule has 1 aliphatic heterocycles. The number of hydrogen-bond donors (Lipinski definition) is 3. The number of aromatic nitrogens is 4. The van der Waals surface area contributed by atoms with Crippen LogP contribution in [0, 0.1) is 6.92 Å². The molecule has 190 valence electrons. The van der Waals surface area contributed by atoms with Crippen molar-refractivity contribution in [2.45, 2.75) is 26.1 Å². The molecule has 3 N–H and O–H groups in total. The number of benzene rings is 1. The maximum absolute atomic E-state index is 13.7. The molecule has 36 heavy (non-hydrogen) atoms. The van der Waals surface area contributed by atoms with Gasteiger partial charge in [0.25, 0.3) is 0 Å². The second kappa shape index (κ2) is 9.22. The topological polar surface area (TPSA) is 142 Å². The highest BCUT2D eigenvalue weighted by Gasteiger charge is 2.35. The molecule has 4 rings (SSSR count). The third-order valence-electron chi connectivity index (χ3n) is 5.47. The summed E-state index contributed by atoms with van der Waals surface area (Å²) in [5, 5.41) is 8.17. The molecule has 3 aromatic rings. The van der Waals surface area contributed by atoms with Crippen molar-refractivity contribution < 1.29 is 26.4 Å². The Bertz CT molecular complexity index is 1450. The molecule has 0 fully saturated rings. The summed E-state index contributed by atoms with van der Waals surface area (Å²) in [6, 6.07) is 5.09. The first-order valence-corrected chi connectivity index (χ1v) is 12.3. The number of sulfonamides is 1. The third-order valence-corrected chi connectivity index (χ3v) is 6.64. The minimum absolute atomic E-state index is 0.0223. The van der Waals surface area contributed by atoms with Crippen molar-refractivity contribution in [2.75, 3.05) is 33.6 Å². The van der Waals surface area contributed by atoms with Crippen LogP contribution < -0.4 is 20.3 Å². The van der Waals surface area contributed by atoms with E-state index < -0.39 is 27.6 Å². The van der Waals surface area contributed by atoms with E-state index in [0.29, 0.717) is 23.3 Å². The Morgan fingerprint density at radius 3 is 2.64 bits per heavy atom. The normalized spacial score (nSPS) is 13.2. The van der Waals surface area contributed by atoms with Gasteiger partial charge < -0.3 is 16.0 Å². The number of anilines is 5. The number of alkyl halides is 3. The van der Waals surface area contributed by atoms with E-state index in [2.05, 4.69) is 35.9 Å². The van der Waals surface area contributed by atoms with Crippen molar-refractivity contribution >= 4 is 44.9 Å². The van der Waals surface area contributed by atoms with Gasteiger partial charge in [-0.3, -0.25) is 9.10 Å². The van der Waals surface area contributed by atoms with Crippen LogP contribution in [-0.2, 0) is 34.0 Å². The lowest BCUT2D eigenvalue weighted by atomic mass is 10.1. The highest BCUT2D eigenvalue weighted by atomic mass is 32.2. The fourth-order valence-electron chi connectivity index (χ4n) is 3.56. The van der Waals surface area contributed by atoms with Gasteiger partial charge in [0.15, 0.2) is 0 Å². The van der Waals surface area contributed by atoms with Crippen LogP contribution in [0.1, 0.15) is 22.4 Å². The van der Waals surface area contributed by atoms with Gasteiger partial charge >= 0.3 is 6.18 Å². The maximum atomic E-state index is 13.7. The molecule has 1 amide bonds. The van der Waals surface area contributed by atoms with Gasteiger partial charge in [-0.25, -0.2) is 23.4 Å². The molecule has 1 aromatic carbocycles. The Hall–Kier alpha value is -4.01. The first-order chi connectivity index (χ1) is 16.8. The van der Waals surface area contributed by atoms with Crippen molar-refractivity contribution in [3.8, 4) is 0 Å². The lowest BCUT2D eigenvalue weighted by molar-refractivity contribution is -0.137. The molecule has 0 radical (unpaired) electrons. The number of carbonyl (C=O) groups is 1. The number of nitrogens with one attached hydrogen (secondary N) is 3. The lowest BCUT2D eigenvalue weighted by Crippen LogP contribution is -2.28. The van der Waals surface area contributed by atoms with Crippen molar-refractivity contribution in [2.24, 2.45) is 0 Å². The van der Waals surface area contributed by atoms with E-state index in [-0.39, 0.29) is 36.2 Å². The molecule has 11 nitrogen and oxygen atoms in total. The van der Waals surface area contributed by atoms with E-state index in [1.54, 1.807) is 25.1 Å². The van der Waals surface area contributed by atoms with Gasteiger partial charge in [-0.15, -0.1) is 0 Å². The number of amides is 1. The number of halogens is 3. The molecule has 0 spiro atoms. The van der Waals surface area contributed by atoms with E-state index in [1.165, 1.54) is 13.4 Å². The van der Waals surface area contributed by atoms with Gasteiger partial charge in [0, 0.05) is 31.0 Å². The number of rotatable bonds is 7. The molecule has 0 atom stereocenters. The summed E-state index contributed by atoms with van der Waals surface area (Å²) in [4.78, 5) is 27.6. The number of nitrogens with zero attached hydrogens (tertiary/aromatic N) is 5. The zero-order chi connectivity index (χ0) is 26.3. The summed E-state index contributed by atoms with van der Waals surface area (Å²) in [7, 11) is -2.41. The van der Waals surface area contributed by atoms with Crippen LogP contribution in [0.25, 0.3) is 0 Å². The van der Waals surface area contributed by atoms with Gasteiger partial charge in [-0.05, 0) is 18.6 Å². The van der Waals surface area contributed by atoms with Crippen LogP contribution in [0.15, 0.2) is 30.7 Å². The molecule has 3 heterocycles. The molecule has 0 aliphatic carbocycles. The first-order valence-electron chi connectivity index (χ1n) is 10.5. The highest BCUT2D eigenvalue weighted by molar-refractivity contribution is 7.92. The minimum Gasteiger partial charge on any atom is -0.365 e. The predicted molar refractivity (Wildman–Crippen MR) is 126 cm³/mol. The Labute approximate surface area is 204 Å². The van der Waals surface area contributed by atoms with Crippen LogP contribution in [0.4, 0.5) is 42.1 Å². The second-order valence-electron chi connectivity index (χ2n) is 7.99. The van der Waals surface area contributed by atoms with E-state index in [4.69, 9.17) is 0 Å². The number of hydrogen-bond acceptors (Lipinski definition) is 9. The summed E-state index contributed by atoms with van der Waals surface area (Å²) in [5.41, 5.74) is 1.19. The number of fused-ring (bicyclic) bond motifs is 1. The molecular formula is C21H21F3N8O3S. The van der Waals surface area contributed by atoms with Gasteiger partial charge in [0.1, 0.15) is 23.5 Å². The lowest BCUT2D eigenvalue weighted by Gasteiger charge is -2.21. The number of para-hydroxylation sites is 1. The average Bonchev–Trinajstić information content (AvgIpc) is 3.17. The summed E-state index contributed by atoms with van der Waals surface area (Å²) < 4.78 is 66.0. The van der Waals surface area contributed by atoms with Gasteiger partial charge in [0.2, 0.25) is 21.9 Å². The molecule has 0 bridgehead atoms. The van der Waals surface area contributed by atoms with Crippen molar-refractivity contribution in [3.63, 3.8) is 0 Å². The maximum Gasteiger partial charge on any atom is 0.421 e. The van der Waals surface area contributed by atoms with E-state index in [9.17, 15) is 26.4 Å². The average molecular weight is 523 g/mol. The van der Waals surface area contributed by atoms with E-state index in [0.717, 1.165) is 16.1 Å². The smallest absolute Gasteiger partial charge is 0.365 e. The highest BCUT2D eigenvalue weighted by Crippen LogP contribution is 2.36. The largest absolute Gasteiger partial charge is 0.421 e. The molecular weight excluding hydrogens is 501 g/mol. The molecule has 1 aliphatic rings. The van der Waals surface area contributed by atoms with Crippen LogP contribution in [-0.4, -0.2) is 47.6 Å². The zero-order valence-corrected chi connectivity index (χ0v) is 20.1. The Morgan fingerprint density at radius 1 is 1.19 bits per heavy atom. The minimum atomic E-state index is -4.77. The third kappa shape index (κ3) is 5.15. The van der Waals surface area contributed by atoms with Gasteiger partial charge in [-0.2, -0.15) is 18.2 Å². The Morgan fingerprint density at radius 2 is 1.94 bits per heavy atom. The quantitative estimate of drug-likeness (QED) is 0.427.